The minimum Gasteiger partial charge on any atom is -0.494 e. The second-order valence-electron chi connectivity index (χ2n) is 9.18. The fourth-order valence-corrected chi connectivity index (χ4v) is 5.90. The summed E-state index contributed by atoms with van der Waals surface area (Å²) in [6, 6.07) is 13.4. The van der Waals surface area contributed by atoms with E-state index < -0.39 is 10.0 Å². The molecule has 1 saturated carbocycles. The smallest absolute Gasteiger partial charge is 0.257 e. The molecule has 0 saturated heterocycles. The largest absolute Gasteiger partial charge is 0.494 e. The highest BCUT2D eigenvalue weighted by molar-refractivity contribution is 7.89. The number of anilines is 1. The van der Waals surface area contributed by atoms with Gasteiger partial charge < -0.3 is 10.1 Å². The lowest BCUT2D eigenvalue weighted by Gasteiger charge is -2.30. The van der Waals surface area contributed by atoms with E-state index in [1.54, 1.807) is 55.6 Å². The van der Waals surface area contributed by atoms with Gasteiger partial charge in [0.2, 0.25) is 10.0 Å². The molecule has 0 spiro atoms. The van der Waals surface area contributed by atoms with E-state index in [0.29, 0.717) is 17.9 Å². The van der Waals surface area contributed by atoms with Crippen molar-refractivity contribution < 1.29 is 17.9 Å². The minimum atomic E-state index is -3.56. The van der Waals surface area contributed by atoms with Gasteiger partial charge in [0.25, 0.3) is 5.91 Å². The number of hydrogen-bond donors (Lipinski definition) is 2. The first-order valence-electron chi connectivity index (χ1n) is 12.7. The molecule has 0 atom stereocenters. The van der Waals surface area contributed by atoms with E-state index in [9.17, 15) is 13.2 Å². The van der Waals surface area contributed by atoms with Gasteiger partial charge in [0.05, 0.1) is 11.5 Å². The standard InChI is InChI=1S/C27H37N3O4S2/c1-3-4-5-9-20-34-24-16-12-21(13-17-24)26(31)29-27(35)28-22-14-18-25(19-15-22)36(32,33)30(2)23-10-7-6-8-11-23/h12-19,23H,3-11,20H2,1-2H3,(H2,28,29,31,35). The Morgan fingerprint density at radius 2 is 1.67 bits per heavy atom. The zero-order valence-electron chi connectivity index (χ0n) is 21.2. The van der Waals surface area contributed by atoms with Gasteiger partial charge in [-0.05, 0) is 80.0 Å². The first kappa shape index (κ1) is 28.1. The van der Waals surface area contributed by atoms with Crippen molar-refractivity contribution >= 4 is 38.9 Å². The van der Waals surface area contributed by atoms with Gasteiger partial charge in [-0.25, -0.2) is 8.42 Å². The molecule has 196 valence electrons. The summed E-state index contributed by atoms with van der Waals surface area (Å²) in [6.45, 7) is 2.84. The van der Waals surface area contributed by atoms with Gasteiger partial charge in [-0.1, -0.05) is 45.4 Å². The maximum Gasteiger partial charge on any atom is 0.257 e. The van der Waals surface area contributed by atoms with Crippen LogP contribution in [0.2, 0.25) is 0 Å². The summed E-state index contributed by atoms with van der Waals surface area (Å²) >= 11 is 5.27. The van der Waals surface area contributed by atoms with Crippen LogP contribution >= 0.6 is 12.2 Å². The predicted octanol–water partition coefficient (Wildman–Crippen LogP) is 5.73. The van der Waals surface area contributed by atoms with Crippen molar-refractivity contribution in [2.45, 2.75) is 75.6 Å². The molecule has 0 aromatic heterocycles. The lowest BCUT2D eigenvalue weighted by molar-refractivity contribution is 0.0977. The number of unbranched alkanes of at least 4 members (excludes halogenated alkanes) is 3. The third-order valence-electron chi connectivity index (χ3n) is 6.49. The number of nitrogens with zero attached hydrogens (tertiary/aromatic N) is 1. The van der Waals surface area contributed by atoms with Crippen molar-refractivity contribution in [2.24, 2.45) is 0 Å². The zero-order chi connectivity index (χ0) is 26.0. The monoisotopic (exact) mass is 531 g/mol. The van der Waals surface area contributed by atoms with Crippen molar-refractivity contribution in [3.8, 4) is 5.75 Å². The highest BCUT2D eigenvalue weighted by atomic mass is 32.2. The lowest BCUT2D eigenvalue weighted by Crippen LogP contribution is -2.38. The summed E-state index contributed by atoms with van der Waals surface area (Å²) in [6.07, 6.45) is 9.65. The van der Waals surface area contributed by atoms with Crippen molar-refractivity contribution in [2.75, 3.05) is 19.0 Å². The van der Waals surface area contributed by atoms with Crippen LogP contribution < -0.4 is 15.4 Å². The molecule has 0 unspecified atom stereocenters. The van der Waals surface area contributed by atoms with Gasteiger partial charge in [-0.15, -0.1) is 0 Å². The average molecular weight is 532 g/mol. The normalized spacial score (nSPS) is 14.4. The number of rotatable bonds is 11. The summed E-state index contributed by atoms with van der Waals surface area (Å²) in [7, 11) is -1.90. The molecule has 1 aliphatic carbocycles. The number of benzene rings is 2. The van der Waals surface area contributed by atoms with Crippen molar-refractivity contribution in [3.63, 3.8) is 0 Å². The molecule has 1 aliphatic rings. The molecule has 1 fully saturated rings. The van der Waals surface area contributed by atoms with E-state index in [-0.39, 0.29) is 22.0 Å². The Bertz CT molecular complexity index is 1100. The number of amides is 1. The Hall–Kier alpha value is -2.49. The molecule has 2 N–H and O–H groups in total. The fourth-order valence-electron chi connectivity index (χ4n) is 4.28. The molecule has 0 heterocycles. The van der Waals surface area contributed by atoms with E-state index in [0.717, 1.165) is 44.3 Å². The molecule has 0 bridgehead atoms. The topological polar surface area (TPSA) is 87.7 Å². The molecular weight excluding hydrogens is 494 g/mol. The van der Waals surface area contributed by atoms with Crippen LogP contribution in [0.4, 0.5) is 5.69 Å². The quantitative estimate of drug-likeness (QED) is 0.285. The highest BCUT2D eigenvalue weighted by Gasteiger charge is 2.28. The molecule has 2 aromatic carbocycles. The van der Waals surface area contributed by atoms with Crippen molar-refractivity contribution in [1.29, 1.82) is 0 Å². The molecule has 36 heavy (non-hydrogen) atoms. The molecule has 3 rings (SSSR count). The van der Waals surface area contributed by atoms with Crippen molar-refractivity contribution in [3.05, 3.63) is 54.1 Å². The lowest BCUT2D eigenvalue weighted by atomic mass is 9.96. The van der Waals surface area contributed by atoms with Crippen LogP contribution in [-0.2, 0) is 10.0 Å². The van der Waals surface area contributed by atoms with E-state index in [1.807, 2.05) is 0 Å². The maximum atomic E-state index is 13.0. The molecule has 7 nitrogen and oxygen atoms in total. The van der Waals surface area contributed by atoms with Gasteiger partial charge in [0, 0.05) is 24.3 Å². The minimum absolute atomic E-state index is 0.0516. The van der Waals surface area contributed by atoms with Crippen LogP contribution in [0.25, 0.3) is 0 Å². The fraction of sp³-hybridized carbons (Fsp3) is 0.481. The average Bonchev–Trinajstić information content (AvgIpc) is 2.89. The van der Waals surface area contributed by atoms with Gasteiger partial charge in [0.1, 0.15) is 5.75 Å². The number of carbonyl (C=O) groups is 1. The van der Waals surface area contributed by atoms with Crippen LogP contribution in [0, 0.1) is 0 Å². The van der Waals surface area contributed by atoms with Gasteiger partial charge in [0.15, 0.2) is 5.11 Å². The first-order chi connectivity index (χ1) is 17.3. The second-order valence-corrected chi connectivity index (χ2v) is 11.6. The number of nitrogens with one attached hydrogen (secondary N) is 2. The number of carbonyl (C=O) groups excluding carboxylic acids is 1. The van der Waals surface area contributed by atoms with E-state index in [4.69, 9.17) is 17.0 Å². The van der Waals surface area contributed by atoms with Crippen molar-refractivity contribution in [1.82, 2.24) is 9.62 Å². The molecule has 1 amide bonds. The summed E-state index contributed by atoms with van der Waals surface area (Å²) in [5, 5.41) is 5.72. The highest BCUT2D eigenvalue weighted by Crippen LogP contribution is 2.27. The summed E-state index contributed by atoms with van der Waals surface area (Å²) in [5.74, 6) is 0.392. The second kappa shape index (κ2) is 13.7. The Balaban J connectivity index is 1.50. The number of ether oxygens (including phenoxy) is 1. The Morgan fingerprint density at radius 3 is 2.31 bits per heavy atom. The zero-order valence-corrected chi connectivity index (χ0v) is 22.8. The maximum absolute atomic E-state index is 13.0. The Labute approximate surface area is 220 Å². The number of hydrogen-bond acceptors (Lipinski definition) is 5. The first-order valence-corrected chi connectivity index (χ1v) is 14.6. The van der Waals surface area contributed by atoms with Crippen LogP contribution in [0.5, 0.6) is 5.75 Å². The SMILES string of the molecule is CCCCCCOc1ccc(C(=O)NC(=S)Nc2ccc(S(=O)(=O)N(C)C3CCCCC3)cc2)cc1. The van der Waals surface area contributed by atoms with Gasteiger partial charge >= 0.3 is 0 Å². The predicted molar refractivity (Wildman–Crippen MR) is 148 cm³/mol. The van der Waals surface area contributed by atoms with Crippen LogP contribution in [0.3, 0.4) is 0 Å². The summed E-state index contributed by atoms with van der Waals surface area (Å²) in [4.78, 5) is 12.8. The third kappa shape index (κ3) is 8.01. The number of thiocarbonyl (C=S) groups is 1. The van der Waals surface area contributed by atoms with E-state index >= 15 is 0 Å². The van der Waals surface area contributed by atoms with Crippen LogP contribution in [0.15, 0.2) is 53.4 Å². The van der Waals surface area contributed by atoms with Crippen LogP contribution in [0.1, 0.15) is 75.1 Å². The molecule has 0 radical (unpaired) electrons. The molecule has 9 heteroatoms. The molecular formula is C27H37N3O4S2. The van der Waals surface area contributed by atoms with Gasteiger partial charge in [-0.2, -0.15) is 4.31 Å². The molecule has 2 aromatic rings. The van der Waals surface area contributed by atoms with Crippen LogP contribution in [-0.4, -0.2) is 43.4 Å². The Kier molecular flexibility index (Phi) is 10.7. The van der Waals surface area contributed by atoms with Gasteiger partial charge in [-0.3, -0.25) is 10.1 Å². The van der Waals surface area contributed by atoms with E-state index in [1.165, 1.54) is 23.6 Å². The Morgan fingerprint density at radius 1 is 1.00 bits per heavy atom. The molecule has 0 aliphatic heterocycles. The third-order valence-corrected chi connectivity index (χ3v) is 8.62. The summed E-state index contributed by atoms with van der Waals surface area (Å²) < 4.78 is 33.2. The summed E-state index contributed by atoms with van der Waals surface area (Å²) in [5.41, 5.74) is 1.05. The van der Waals surface area contributed by atoms with E-state index in [2.05, 4.69) is 17.6 Å². The number of sulfonamides is 1.